The van der Waals surface area contributed by atoms with Gasteiger partial charge in [-0.1, -0.05) is 18.2 Å². The molecule has 2 atom stereocenters. The van der Waals surface area contributed by atoms with Gasteiger partial charge < -0.3 is 15.3 Å². The van der Waals surface area contributed by atoms with Crippen LogP contribution in [0.15, 0.2) is 36.5 Å². The van der Waals surface area contributed by atoms with Crippen LogP contribution in [0.5, 0.6) is 0 Å². The van der Waals surface area contributed by atoms with Gasteiger partial charge in [0.15, 0.2) is 6.10 Å². The van der Waals surface area contributed by atoms with E-state index in [4.69, 9.17) is 0 Å². The number of aromatic nitrogens is 1. The van der Waals surface area contributed by atoms with Crippen molar-refractivity contribution in [2.75, 3.05) is 11.9 Å². The van der Waals surface area contributed by atoms with Crippen LogP contribution in [0, 0.1) is 0 Å². The number of aliphatic hydroxyl groups is 1. The van der Waals surface area contributed by atoms with Crippen LogP contribution in [0.2, 0.25) is 0 Å². The Bertz CT molecular complexity index is 745. The minimum Gasteiger partial charge on any atom is -0.382 e. The highest BCUT2D eigenvalue weighted by molar-refractivity contribution is 5.99. The Morgan fingerprint density at radius 1 is 1.33 bits per heavy atom. The van der Waals surface area contributed by atoms with Crippen LogP contribution < -0.4 is 5.32 Å². The highest BCUT2D eigenvalue weighted by Crippen LogP contribution is 2.31. The van der Waals surface area contributed by atoms with Crippen LogP contribution in [0.3, 0.4) is 0 Å². The van der Waals surface area contributed by atoms with E-state index in [1.54, 1.807) is 24.4 Å². The first-order chi connectivity index (χ1) is 11.4. The SMILES string of the molecule is O=C(Nc1cccc2cccnc12)N1CCC[C@H]1[C@@H](O)C(F)(F)F. The van der Waals surface area contributed by atoms with Gasteiger partial charge in [0.05, 0.1) is 17.2 Å². The summed E-state index contributed by atoms with van der Waals surface area (Å²) in [4.78, 5) is 17.6. The molecule has 8 heteroatoms. The summed E-state index contributed by atoms with van der Waals surface area (Å²) in [5, 5.41) is 12.9. The number of amides is 2. The molecule has 1 aromatic carbocycles. The van der Waals surface area contributed by atoms with Gasteiger partial charge in [0.25, 0.3) is 0 Å². The van der Waals surface area contributed by atoms with Gasteiger partial charge in [0.1, 0.15) is 0 Å². The van der Waals surface area contributed by atoms with Gasteiger partial charge in [-0.2, -0.15) is 13.2 Å². The molecule has 2 heterocycles. The second-order valence-corrected chi connectivity index (χ2v) is 5.70. The summed E-state index contributed by atoms with van der Waals surface area (Å²) in [7, 11) is 0. The average molecular weight is 339 g/mol. The van der Waals surface area contributed by atoms with Crippen LogP contribution in [0.25, 0.3) is 10.9 Å². The Kier molecular flexibility index (Phi) is 4.31. The zero-order valence-electron chi connectivity index (χ0n) is 12.6. The van der Waals surface area contributed by atoms with E-state index < -0.39 is 24.4 Å². The molecular formula is C16H16F3N3O2. The van der Waals surface area contributed by atoms with E-state index in [1.807, 2.05) is 12.1 Å². The number of likely N-dealkylation sites (tertiary alicyclic amines) is 1. The zero-order chi connectivity index (χ0) is 17.3. The highest BCUT2D eigenvalue weighted by Gasteiger charge is 2.48. The van der Waals surface area contributed by atoms with Gasteiger partial charge in [-0.3, -0.25) is 4.98 Å². The lowest BCUT2D eigenvalue weighted by molar-refractivity contribution is -0.216. The Morgan fingerprint density at radius 2 is 2.08 bits per heavy atom. The quantitative estimate of drug-likeness (QED) is 0.883. The molecule has 0 saturated carbocycles. The van der Waals surface area contributed by atoms with Crippen molar-refractivity contribution in [3.63, 3.8) is 0 Å². The monoisotopic (exact) mass is 339 g/mol. The van der Waals surface area contributed by atoms with Crippen molar-refractivity contribution in [3.05, 3.63) is 36.5 Å². The van der Waals surface area contributed by atoms with E-state index in [0.717, 1.165) is 10.3 Å². The first kappa shape index (κ1) is 16.5. The topological polar surface area (TPSA) is 65.5 Å². The molecule has 128 valence electrons. The summed E-state index contributed by atoms with van der Waals surface area (Å²) in [6, 6.07) is 6.83. The van der Waals surface area contributed by atoms with Crippen molar-refractivity contribution >= 4 is 22.6 Å². The molecule has 2 aromatic rings. The van der Waals surface area contributed by atoms with Crippen molar-refractivity contribution in [3.8, 4) is 0 Å². The number of alkyl halides is 3. The van der Waals surface area contributed by atoms with Crippen LogP contribution in [0.1, 0.15) is 12.8 Å². The molecule has 1 fully saturated rings. The lowest BCUT2D eigenvalue weighted by Crippen LogP contribution is -2.50. The molecule has 1 aliphatic rings. The predicted octanol–water partition coefficient (Wildman–Crippen LogP) is 3.15. The maximum Gasteiger partial charge on any atom is 0.416 e. The van der Waals surface area contributed by atoms with Gasteiger partial charge in [-0.05, 0) is 25.0 Å². The second kappa shape index (κ2) is 6.27. The number of urea groups is 1. The number of rotatable bonds is 2. The van der Waals surface area contributed by atoms with Crippen molar-refractivity contribution in [1.82, 2.24) is 9.88 Å². The zero-order valence-corrected chi connectivity index (χ0v) is 12.6. The number of carbonyl (C=O) groups excluding carboxylic acids is 1. The molecule has 1 aromatic heterocycles. The van der Waals surface area contributed by atoms with Crippen molar-refractivity contribution in [1.29, 1.82) is 0 Å². The van der Waals surface area contributed by atoms with Gasteiger partial charge in [-0.15, -0.1) is 0 Å². The summed E-state index contributed by atoms with van der Waals surface area (Å²) in [6.45, 7) is 0.168. The fourth-order valence-electron chi connectivity index (χ4n) is 2.98. The molecule has 0 radical (unpaired) electrons. The Balaban J connectivity index is 1.81. The maximum atomic E-state index is 12.8. The van der Waals surface area contributed by atoms with Crippen LogP contribution in [0.4, 0.5) is 23.7 Å². The van der Waals surface area contributed by atoms with E-state index in [9.17, 15) is 23.1 Å². The van der Waals surface area contributed by atoms with E-state index in [1.165, 1.54) is 0 Å². The number of anilines is 1. The van der Waals surface area contributed by atoms with Crippen LogP contribution >= 0.6 is 0 Å². The fraction of sp³-hybridized carbons (Fsp3) is 0.375. The van der Waals surface area contributed by atoms with Crippen molar-refractivity contribution < 1.29 is 23.1 Å². The molecule has 2 amide bonds. The smallest absolute Gasteiger partial charge is 0.382 e. The van der Waals surface area contributed by atoms with Gasteiger partial charge in [0, 0.05) is 18.1 Å². The fourth-order valence-corrected chi connectivity index (χ4v) is 2.98. The predicted molar refractivity (Wildman–Crippen MR) is 82.6 cm³/mol. The number of hydrogen-bond acceptors (Lipinski definition) is 3. The number of para-hydroxylation sites is 1. The normalized spacial score (nSPS) is 19.5. The molecule has 5 nitrogen and oxygen atoms in total. The average Bonchev–Trinajstić information content (AvgIpc) is 3.03. The number of halogens is 3. The number of pyridine rings is 1. The Hall–Kier alpha value is -2.35. The van der Waals surface area contributed by atoms with Crippen LogP contribution in [-0.2, 0) is 0 Å². The number of fused-ring (bicyclic) bond motifs is 1. The number of aliphatic hydroxyl groups excluding tert-OH is 1. The van der Waals surface area contributed by atoms with Crippen LogP contribution in [-0.4, -0.2) is 45.9 Å². The third kappa shape index (κ3) is 3.14. The largest absolute Gasteiger partial charge is 0.416 e. The van der Waals surface area contributed by atoms with Crippen molar-refractivity contribution in [2.45, 2.75) is 31.2 Å². The lowest BCUT2D eigenvalue weighted by Gasteiger charge is -2.29. The lowest BCUT2D eigenvalue weighted by atomic mass is 10.1. The molecule has 2 N–H and O–H groups in total. The summed E-state index contributed by atoms with van der Waals surface area (Å²) in [5.74, 6) is 0. The first-order valence-corrected chi connectivity index (χ1v) is 7.54. The van der Waals surface area contributed by atoms with E-state index >= 15 is 0 Å². The highest BCUT2D eigenvalue weighted by atomic mass is 19.4. The maximum absolute atomic E-state index is 12.8. The molecule has 0 bridgehead atoms. The molecule has 3 rings (SSSR count). The number of carbonyl (C=O) groups is 1. The second-order valence-electron chi connectivity index (χ2n) is 5.70. The molecule has 1 aliphatic heterocycles. The number of hydrogen-bond donors (Lipinski definition) is 2. The van der Waals surface area contributed by atoms with E-state index in [0.29, 0.717) is 17.6 Å². The Labute approximate surface area is 136 Å². The van der Waals surface area contributed by atoms with E-state index in [-0.39, 0.29) is 13.0 Å². The van der Waals surface area contributed by atoms with Gasteiger partial charge in [0.2, 0.25) is 0 Å². The minimum absolute atomic E-state index is 0.113. The molecular weight excluding hydrogens is 323 g/mol. The van der Waals surface area contributed by atoms with Gasteiger partial charge >= 0.3 is 12.2 Å². The summed E-state index contributed by atoms with van der Waals surface area (Å²) >= 11 is 0. The molecule has 24 heavy (non-hydrogen) atoms. The third-order valence-electron chi connectivity index (χ3n) is 4.13. The molecule has 0 aliphatic carbocycles. The number of benzene rings is 1. The standard InChI is InChI=1S/C16H16F3N3O2/c17-16(18,19)14(23)12-7-3-9-22(12)15(24)21-11-6-1-4-10-5-2-8-20-13(10)11/h1-2,4-6,8,12,14,23H,3,7,9H2,(H,21,24)/t12-,14+/m0/s1. The molecule has 0 unspecified atom stereocenters. The summed E-state index contributed by atoms with van der Waals surface area (Å²) in [6.07, 6.45) is -5.20. The van der Waals surface area contributed by atoms with E-state index in [2.05, 4.69) is 10.3 Å². The summed E-state index contributed by atoms with van der Waals surface area (Å²) < 4.78 is 38.3. The molecule has 0 spiro atoms. The number of nitrogens with zero attached hydrogens (tertiary/aromatic N) is 2. The Morgan fingerprint density at radius 3 is 2.83 bits per heavy atom. The minimum atomic E-state index is -4.76. The first-order valence-electron chi connectivity index (χ1n) is 7.54. The van der Waals surface area contributed by atoms with Crippen molar-refractivity contribution in [2.24, 2.45) is 0 Å². The summed E-state index contributed by atoms with van der Waals surface area (Å²) in [5.41, 5.74) is 0.978. The number of nitrogens with one attached hydrogen (secondary N) is 1. The third-order valence-corrected chi connectivity index (χ3v) is 4.13. The molecule has 1 saturated heterocycles. The van der Waals surface area contributed by atoms with Gasteiger partial charge in [-0.25, -0.2) is 4.79 Å².